The minimum absolute atomic E-state index is 0.0000847. The van der Waals surface area contributed by atoms with Gasteiger partial charge in [0.1, 0.15) is 11.5 Å². The maximum atomic E-state index is 13.1. The summed E-state index contributed by atoms with van der Waals surface area (Å²) < 4.78 is 17.3. The minimum atomic E-state index is -0.844. The number of furan rings is 1. The van der Waals surface area contributed by atoms with Crippen molar-refractivity contribution in [1.82, 2.24) is 4.90 Å². The first-order chi connectivity index (χ1) is 15.9. The van der Waals surface area contributed by atoms with Crippen LogP contribution in [-0.4, -0.2) is 35.4 Å². The van der Waals surface area contributed by atoms with Crippen molar-refractivity contribution in [3.63, 3.8) is 0 Å². The van der Waals surface area contributed by atoms with Crippen LogP contribution in [0.25, 0.3) is 5.76 Å². The number of carbonyl (C=O) groups is 2. The highest BCUT2D eigenvalue weighted by atomic mass is 79.9. The molecule has 1 aliphatic heterocycles. The van der Waals surface area contributed by atoms with E-state index in [9.17, 15) is 14.7 Å². The Bertz CT molecular complexity index is 1200. The van der Waals surface area contributed by atoms with Crippen LogP contribution in [0.3, 0.4) is 0 Å². The van der Waals surface area contributed by atoms with Gasteiger partial charge in [-0.15, -0.1) is 0 Å². The van der Waals surface area contributed by atoms with Crippen molar-refractivity contribution in [2.24, 2.45) is 0 Å². The van der Waals surface area contributed by atoms with Gasteiger partial charge in [-0.05, 0) is 48.9 Å². The van der Waals surface area contributed by atoms with Crippen LogP contribution in [0.5, 0.6) is 11.5 Å². The molecule has 0 bridgehead atoms. The molecule has 1 atom stereocenters. The molecule has 4 rings (SSSR count). The molecule has 0 saturated carbocycles. The first kappa shape index (κ1) is 22.7. The number of aliphatic hydroxyl groups is 1. The maximum Gasteiger partial charge on any atom is 0.296 e. The lowest BCUT2D eigenvalue weighted by Gasteiger charge is -2.25. The molecule has 1 fully saturated rings. The van der Waals surface area contributed by atoms with Gasteiger partial charge in [0.15, 0.2) is 11.5 Å². The quantitative estimate of drug-likeness (QED) is 0.270. The molecule has 1 aliphatic rings. The molecule has 3 aromatic rings. The summed E-state index contributed by atoms with van der Waals surface area (Å²) in [6.45, 7) is 2.38. The fourth-order valence-corrected chi connectivity index (χ4v) is 4.12. The van der Waals surface area contributed by atoms with Crippen molar-refractivity contribution in [3.05, 3.63) is 87.8 Å². The number of aliphatic hydroxyl groups excluding tert-OH is 1. The Morgan fingerprint density at radius 1 is 1.12 bits per heavy atom. The number of carbonyl (C=O) groups excluding carboxylic acids is 2. The van der Waals surface area contributed by atoms with Gasteiger partial charge in [0.25, 0.3) is 11.7 Å². The zero-order valence-electron chi connectivity index (χ0n) is 18.1. The standard InChI is InChI=1S/C25H22BrNO6/c1-3-32-19-11-8-16(13-20(19)31-2)22-21(23(28)15-6-9-17(26)10-7-15)24(29)25(30)27(22)14-18-5-4-12-33-18/h4-13,22,28H,3,14H2,1-2H3/b23-21+. The number of amides is 1. The Morgan fingerprint density at radius 2 is 1.88 bits per heavy atom. The minimum Gasteiger partial charge on any atom is -0.507 e. The predicted molar refractivity (Wildman–Crippen MR) is 125 cm³/mol. The molecular weight excluding hydrogens is 490 g/mol. The number of ether oxygens (including phenoxy) is 2. The van der Waals surface area contributed by atoms with Gasteiger partial charge < -0.3 is 23.9 Å². The van der Waals surface area contributed by atoms with Gasteiger partial charge >= 0.3 is 0 Å². The van der Waals surface area contributed by atoms with Crippen molar-refractivity contribution in [2.45, 2.75) is 19.5 Å². The van der Waals surface area contributed by atoms with Gasteiger partial charge in [0.05, 0.1) is 38.1 Å². The molecule has 1 aromatic heterocycles. The van der Waals surface area contributed by atoms with E-state index in [0.29, 0.717) is 35.0 Å². The predicted octanol–water partition coefficient (Wildman–Crippen LogP) is 5.07. The van der Waals surface area contributed by atoms with Crippen LogP contribution in [0.15, 0.2) is 75.3 Å². The summed E-state index contributed by atoms with van der Waals surface area (Å²) in [6.07, 6.45) is 1.50. The second kappa shape index (κ2) is 9.54. The third kappa shape index (κ3) is 4.39. The summed E-state index contributed by atoms with van der Waals surface area (Å²) in [4.78, 5) is 27.6. The van der Waals surface area contributed by atoms with Gasteiger partial charge in [-0.1, -0.05) is 34.1 Å². The van der Waals surface area contributed by atoms with Crippen molar-refractivity contribution >= 4 is 33.4 Å². The van der Waals surface area contributed by atoms with Gasteiger partial charge in [-0.2, -0.15) is 0 Å². The Balaban J connectivity index is 1.87. The molecule has 1 unspecified atom stereocenters. The number of likely N-dealkylation sites (tertiary alicyclic amines) is 1. The SMILES string of the molecule is CCOc1ccc(C2/C(=C(\O)c3ccc(Br)cc3)C(=O)C(=O)N2Cc2ccco2)cc1OC. The third-order valence-corrected chi connectivity index (χ3v) is 5.90. The molecule has 0 spiro atoms. The largest absolute Gasteiger partial charge is 0.507 e. The number of benzene rings is 2. The van der Waals surface area contributed by atoms with Crippen molar-refractivity contribution in [2.75, 3.05) is 13.7 Å². The smallest absolute Gasteiger partial charge is 0.296 e. The first-order valence-electron chi connectivity index (χ1n) is 10.3. The second-order valence-corrected chi connectivity index (χ2v) is 8.27. The zero-order valence-corrected chi connectivity index (χ0v) is 19.7. The van der Waals surface area contributed by atoms with E-state index in [2.05, 4.69) is 15.9 Å². The van der Waals surface area contributed by atoms with E-state index in [1.165, 1.54) is 18.3 Å². The van der Waals surface area contributed by atoms with Crippen LogP contribution in [0, 0.1) is 0 Å². The molecule has 2 aromatic carbocycles. The summed E-state index contributed by atoms with van der Waals surface area (Å²) >= 11 is 3.36. The number of hydrogen-bond donors (Lipinski definition) is 1. The highest BCUT2D eigenvalue weighted by Crippen LogP contribution is 2.42. The van der Waals surface area contributed by atoms with Crippen LogP contribution in [-0.2, 0) is 16.1 Å². The summed E-state index contributed by atoms with van der Waals surface area (Å²) in [5.41, 5.74) is 1.02. The molecule has 0 radical (unpaired) electrons. The highest BCUT2D eigenvalue weighted by molar-refractivity contribution is 9.10. The second-order valence-electron chi connectivity index (χ2n) is 7.36. The number of halogens is 1. The summed E-state index contributed by atoms with van der Waals surface area (Å²) in [5, 5.41) is 11.1. The Labute approximate surface area is 199 Å². The topological polar surface area (TPSA) is 89.2 Å². The first-order valence-corrected chi connectivity index (χ1v) is 11.1. The number of nitrogens with zero attached hydrogens (tertiary/aromatic N) is 1. The fourth-order valence-electron chi connectivity index (χ4n) is 3.85. The van der Waals surface area contributed by atoms with Crippen LogP contribution in [0.1, 0.15) is 29.9 Å². The van der Waals surface area contributed by atoms with E-state index in [1.807, 2.05) is 6.92 Å². The number of methoxy groups -OCH3 is 1. The van der Waals surface area contributed by atoms with E-state index in [1.54, 1.807) is 54.6 Å². The summed E-state index contributed by atoms with van der Waals surface area (Å²) in [6, 6.07) is 14.6. The molecule has 1 N–H and O–H groups in total. The number of Topliss-reactive ketones (excluding diaryl/α,β-unsaturated/α-hetero) is 1. The average molecular weight is 512 g/mol. The lowest BCUT2D eigenvalue weighted by molar-refractivity contribution is -0.140. The highest BCUT2D eigenvalue weighted by Gasteiger charge is 2.46. The van der Waals surface area contributed by atoms with Gasteiger partial charge in [0, 0.05) is 10.0 Å². The molecule has 33 heavy (non-hydrogen) atoms. The fraction of sp³-hybridized carbons (Fsp3) is 0.200. The van der Waals surface area contributed by atoms with Crippen LogP contribution < -0.4 is 9.47 Å². The normalized spacial score (nSPS) is 17.4. The van der Waals surface area contributed by atoms with E-state index < -0.39 is 17.7 Å². The average Bonchev–Trinajstić information content (AvgIpc) is 3.42. The molecule has 1 amide bonds. The van der Waals surface area contributed by atoms with Crippen LogP contribution in [0.2, 0.25) is 0 Å². The zero-order chi connectivity index (χ0) is 23.5. The monoisotopic (exact) mass is 511 g/mol. The Hall–Kier alpha value is -3.52. The molecule has 1 saturated heterocycles. The van der Waals surface area contributed by atoms with E-state index in [4.69, 9.17) is 13.9 Å². The lowest BCUT2D eigenvalue weighted by Crippen LogP contribution is -2.29. The number of hydrogen-bond acceptors (Lipinski definition) is 6. The Morgan fingerprint density at radius 3 is 2.52 bits per heavy atom. The molecule has 170 valence electrons. The number of rotatable bonds is 7. The van der Waals surface area contributed by atoms with Crippen LogP contribution in [0.4, 0.5) is 0 Å². The molecular formula is C25H22BrNO6. The summed E-state index contributed by atoms with van der Waals surface area (Å²) in [7, 11) is 1.52. The van der Waals surface area contributed by atoms with Crippen molar-refractivity contribution in [1.29, 1.82) is 0 Å². The molecule has 7 nitrogen and oxygen atoms in total. The van der Waals surface area contributed by atoms with E-state index in [0.717, 1.165) is 4.47 Å². The summed E-state index contributed by atoms with van der Waals surface area (Å²) in [5.74, 6) is -0.215. The number of ketones is 1. The molecule has 2 heterocycles. The maximum absolute atomic E-state index is 13.1. The van der Waals surface area contributed by atoms with Gasteiger partial charge in [0.2, 0.25) is 0 Å². The Kier molecular flexibility index (Phi) is 6.55. The van der Waals surface area contributed by atoms with Gasteiger partial charge in [-0.25, -0.2) is 0 Å². The third-order valence-electron chi connectivity index (χ3n) is 5.37. The van der Waals surface area contributed by atoms with Crippen molar-refractivity contribution < 1.29 is 28.6 Å². The van der Waals surface area contributed by atoms with Crippen LogP contribution >= 0.6 is 15.9 Å². The molecule has 8 heteroatoms. The lowest BCUT2D eigenvalue weighted by atomic mass is 9.95. The van der Waals surface area contributed by atoms with E-state index >= 15 is 0 Å². The van der Waals surface area contributed by atoms with Crippen molar-refractivity contribution in [3.8, 4) is 11.5 Å². The van der Waals surface area contributed by atoms with Gasteiger partial charge in [-0.3, -0.25) is 9.59 Å². The van der Waals surface area contributed by atoms with E-state index in [-0.39, 0.29) is 17.9 Å². The molecule has 0 aliphatic carbocycles.